The van der Waals surface area contributed by atoms with Gasteiger partial charge in [0, 0.05) is 19.3 Å². The Labute approximate surface area is 111 Å². The average Bonchev–Trinajstić information content (AvgIpc) is 2.68. The van der Waals surface area contributed by atoms with Crippen molar-refractivity contribution >= 4 is 21.6 Å². The number of sulfonamides is 1. The summed E-state index contributed by atoms with van der Waals surface area (Å²) in [6, 6.07) is 2.85. The summed E-state index contributed by atoms with van der Waals surface area (Å²) in [7, 11) is -3.48. The Hall–Kier alpha value is -0.690. The maximum Gasteiger partial charge on any atom is 0.243 e. The molecule has 2 aliphatic heterocycles. The van der Waals surface area contributed by atoms with Crippen molar-refractivity contribution in [3.05, 3.63) is 23.5 Å². The maximum atomic E-state index is 12.4. The van der Waals surface area contributed by atoms with Gasteiger partial charge >= 0.3 is 0 Å². The highest BCUT2D eigenvalue weighted by Crippen LogP contribution is 2.30. The van der Waals surface area contributed by atoms with Crippen LogP contribution in [0.4, 0.5) is 0 Å². The Bertz CT molecular complexity index is 551. The molecule has 0 saturated carbocycles. The van der Waals surface area contributed by atoms with Crippen molar-refractivity contribution in [3.8, 4) is 0 Å². The van der Waals surface area contributed by atoms with Crippen molar-refractivity contribution in [1.82, 2.24) is 9.29 Å². The minimum absolute atomic E-state index is 0.0378. The number of fused-ring (bicyclic) bond motifs is 2. The van der Waals surface area contributed by atoms with Gasteiger partial charge in [-0.05, 0) is 25.0 Å². The molecule has 1 aromatic heterocycles. The first-order chi connectivity index (χ1) is 8.55. The minimum Gasteiger partial charge on any atom is -0.372 e. The topological polar surface area (TPSA) is 59.5 Å². The van der Waals surface area contributed by atoms with Crippen LogP contribution in [0.1, 0.15) is 12.8 Å². The number of halogens is 1. The normalized spacial score (nSPS) is 28.5. The summed E-state index contributed by atoms with van der Waals surface area (Å²) in [5.74, 6) is 0. The number of pyridine rings is 1. The summed E-state index contributed by atoms with van der Waals surface area (Å²) in [5.41, 5.74) is 0. The zero-order valence-electron chi connectivity index (χ0n) is 9.62. The molecule has 0 spiro atoms. The van der Waals surface area contributed by atoms with Gasteiger partial charge in [-0.25, -0.2) is 13.4 Å². The molecule has 2 atom stereocenters. The number of morpholine rings is 1. The molecular weight excluding hydrogens is 276 g/mol. The predicted octanol–water partition coefficient (Wildman–Crippen LogP) is 1.29. The molecule has 5 nitrogen and oxygen atoms in total. The van der Waals surface area contributed by atoms with Gasteiger partial charge in [-0.1, -0.05) is 11.6 Å². The molecule has 0 N–H and O–H groups in total. The standard InChI is InChI=1S/C11H13ClN2O3S/c12-11-5-10(3-4-13-11)18(15,16)14-6-8-1-2-9(7-14)17-8/h3-5,8-9H,1-2,6-7H2. The van der Waals surface area contributed by atoms with Gasteiger partial charge in [-0.15, -0.1) is 0 Å². The predicted molar refractivity (Wildman–Crippen MR) is 65.9 cm³/mol. The van der Waals surface area contributed by atoms with Crippen LogP contribution in [0.3, 0.4) is 0 Å². The van der Waals surface area contributed by atoms with Crippen LogP contribution < -0.4 is 0 Å². The highest BCUT2D eigenvalue weighted by Gasteiger charge is 2.39. The van der Waals surface area contributed by atoms with E-state index in [2.05, 4.69) is 4.98 Å². The fourth-order valence-electron chi connectivity index (χ4n) is 2.47. The molecule has 1 aromatic rings. The Balaban J connectivity index is 1.91. The molecular formula is C11H13ClN2O3S. The third-order valence-electron chi connectivity index (χ3n) is 3.35. The second-order valence-corrected chi connectivity index (χ2v) is 6.92. The number of rotatable bonds is 2. The van der Waals surface area contributed by atoms with Crippen LogP contribution in [0.25, 0.3) is 0 Å². The van der Waals surface area contributed by atoms with Crippen LogP contribution in [0.15, 0.2) is 23.2 Å². The van der Waals surface area contributed by atoms with Crippen LogP contribution in [0.5, 0.6) is 0 Å². The molecule has 0 aliphatic carbocycles. The molecule has 2 aliphatic rings. The van der Waals surface area contributed by atoms with E-state index < -0.39 is 10.0 Å². The highest BCUT2D eigenvalue weighted by molar-refractivity contribution is 7.89. The van der Waals surface area contributed by atoms with Gasteiger partial charge in [0.15, 0.2) is 0 Å². The molecule has 0 amide bonds. The van der Waals surface area contributed by atoms with E-state index in [-0.39, 0.29) is 22.3 Å². The zero-order valence-corrected chi connectivity index (χ0v) is 11.2. The number of ether oxygens (including phenoxy) is 1. The van der Waals surface area contributed by atoms with Gasteiger partial charge in [0.05, 0.1) is 17.1 Å². The minimum atomic E-state index is -3.48. The van der Waals surface area contributed by atoms with E-state index >= 15 is 0 Å². The molecule has 0 radical (unpaired) electrons. The van der Waals surface area contributed by atoms with Crippen molar-refractivity contribution < 1.29 is 13.2 Å². The number of nitrogens with zero attached hydrogens (tertiary/aromatic N) is 2. The lowest BCUT2D eigenvalue weighted by atomic mass is 10.2. The van der Waals surface area contributed by atoms with Gasteiger partial charge in [-0.2, -0.15) is 4.31 Å². The van der Waals surface area contributed by atoms with Gasteiger partial charge in [0.25, 0.3) is 0 Å². The Morgan fingerprint density at radius 2 is 2.00 bits per heavy atom. The third kappa shape index (κ3) is 2.14. The van der Waals surface area contributed by atoms with Crippen molar-refractivity contribution in [2.45, 2.75) is 29.9 Å². The van der Waals surface area contributed by atoms with Gasteiger partial charge in [0.2, 0.25) is 10.0 Å². The molecule has 0 aromatic carbocycles. The van der Waals surface area contributed by atoms with Crippen molar-refractivity contribution in [2.24, 2.45) is 0 Å². The molecule has 3 heterocycles. The summed E-state index contributed by atoms with van der Waals surface area (Å²) >= 11 is 5.74. The van der Waals surface area contributed by atoms with Crippen molar-refractivity contribution in [2.75, 3.05) is 13.1 Å². The first-order valence-electron chi connectivity index (χ1n) is 5.83. The summed E-state index contributed by atoms with van der Waals surface area (Å²) in [6.45, 7) is 0.859. The Morgan fingerprint density at radius 1 is 1.33 bits per heavy atom. The fourth-order valence-corrected chi connectivity index (χ4v) is 4.22. The van der Waals surface area contributed by atoms with E-state index in [1.54, 1.807) is 0 Å². The lowest BCUT2D eigenvalue weighted by molar-refractivity contribution is -0.0114. The quantitative estimate of drug-likeness (QED) is 0.770. The summed E-state index contributed by atoms with van der Waals surface area (Å²) in [6.07, 6.45) is 3.36. The van der Waals surface area contributed by atoms with Crippen LogP contribution in [-0.4, -0.2) is 43.0 Å². The van der Waals surface area contributed by atoms with Gasteiger partial charge in [0.1, 0.15) is 5.15 Å². The molecule has 2 unspecified atom stereocenters. The number of hydrogen-bond acceptors (Lipinski definition) is 4. The molecule has 2 bridgehead atoms. The summed E-state index contributed by atoms with van der Waals surface area (Å²) in [4.78, 5) is 4.00. The first-order valence-corrected chi connectivity index (χ1v) is 7.65. The largest absolute Gasteiger partial charge is 0.372 e. The zero-order chi connectivity index (χ0) is 12.8. The number of aromatic nitrogens is 1. The highest BCUT2D eigenvalue weighted by atomic mass is 35.5. The average molecular weight is 289 g/mol. The van der Waals surface area contributed by atoms with Gasteiger partial charge in [-0.3, -0.25) is 0 Å². The third-order valence-corrected chi connectivity index (χ3v) is 5.38. The van der Waals surface area contributed by atoms with E-state index in [4.69, 9.17) is 16.3 Å². The molecule has 2 fully saturated rings. The molecule has 7 heteroatoms. The molecule has 3 rings (SSSR count). The van der Waals surface area contributed by atoms with E-state index in [1.165, 1.54) is 22.6 Å². The van der Waals surface area contributed by atoms with Gasteiger partial charge < -0.3 is 4.74 Å². The molecule has 2 saturated heterocycles. The van der Waals surface area contributed by atoms with Crippen LogP contribution in [0, 0.1) is 0 Å². The summed E-state index contributed by atoms with van der Waals surface area (Å²) in [5, 5.41) is 0.187. The van der Waals surface area contributed by atoms with Crippen molar-refractivity contribution in [3.63, 3.8) is 0 Å². The van der Waals surface area contributed by atoms with Crippen LogP contribution >= 0.6 is 11.6 Å². The van der Waals surface area contributed by atoms with E-state index in [9.17, 15) is 8.42 Å². The first kappa shape index (κ1) is 12.3. The number of hydrogen-bond donors (Lipinski definition) is 0. The molecule has 98 valence electrons. The SMILES string of the molecule is O=S(=O)(c1ccnc(Cl)c1)N1CC2CCC(C1)O2. The van der Waals surface area contributed by atoms with E-state index in [1.807, 2.05) is 0 Å². The lowest BCUT2D eigenvalue weighted by Crippen LogP contribution is -2.45. The van der Waals surface area contributed by atoms with E-state index in [0.29, 0.717) is 13.1 Å². The summed E-state index contributed by atoms with van der Waals surface area (Å²) < 4.78 is 32.0. The lowest BCUT2D eigenvalue weighted by Gasteiger charge is -2.31. The van der Waals surface area contributed by atoms with Crippen LogP contribution in [-0.2, 0) is 14.8 Å². The fraction of sp³-hybridized carbons (Fsp3) is 0.545. The Morgan fingerprint density at radius 3 is 2.61 bits per heavy atom. The smallest absolute Gasteiger partial charge is 0.243 e. The second-order valence-electron chi connectivity index (χ2n) is 4.59. The second kappa shape index (κ2) is 4.45. The van der Waals surface area contributed by atoms with E-state index in [0.717, 1.165) is 12.8 Å². The van der Waals surface area contributed by atoms with Crippen LogP contribution in [0.2, 0.25) is 5.15 Å². The Kier molecular flexibility index (Phi) is 3.05. The van der Waals surface area contributed by atoms with Crippen molar-refractivity contribution in [1.29, 1.82) is 0 Å². The molecule has 18 heavy (non-hydrogen) atoms. The maximum absolute atomic E-state index is 12.4. The monoisotopic (exact) mass is 288 g/mol.